The molecule has 0 fully saturated rings. The average Bonchev–Trinajstić information content (AvgIpc) is 2.97. The van der Waals surface area contributed by atoms with Crippen molar-refractivity contribution < 1.29 is 5.11 Å². The van der Waals surface area contributed by atoms with Gasteiger partial charge in [0.2, 0.25) is 0 Å². The molecular weight excluding hydrogens is 340 g/mol. The molecule has 0 aliphatic rings. The van der Waals surface area contributed by atoms with Gasteiger partial charge in [-0.2, -0.15) is 5.10 Å². The first-order valence-electron chi connectivity index (χ1n) is 8.58. The fourth-order valence-electron chi connectivity index (χ4n) is 3.11. The number of nitrogens with zero attached hydrogens (tertiary/aromatic N) is 2. The van der Waals surface area contributed by atoms with E-state index < -0.39 is 6.10 Å². The van der Waals surface area contributed by atoms with Crippen LogP contribution in [0.15, 0.2) is 23.0 Å². The van der Waals surface area contributed by atoms with E-state index in [1.54, 1.807) is 10.6 Å². The molecule has 25 heavy (non-hydrogen) atoms. The lowest BCUT2D eigenvalue weighted by molar-refractivity contribution is 0.156. The molecular formula is C18H23ClN4O2. The van der Waals surface area contributed by atoms with E-state index in [1.807, 2.05) is 19.1 Å². The van der Waals surface area contributed by atoms with Gasteiger partial charge >= 0.3 is 0 Å². The zero-order valence-electron chi connectivity index (χ0n) is 14.5. The number of aliphatic hydroxyl groups is 1. The molecule has 3 N–H and O–H groups in total. The number of aromatic nitrogens is 3. The molecule has 0 spiro atoms. The van der Waals surface area contributed by atoms with Gasteiger partial charge in [-0.25, -0.2) is 0 Å². The summed E-state index contributed by atoms with van der Waals surface area (Å²) >= 11 is 6.14. The molecule has 1 aromatic carbocycles. The number of aliphatic hydroxyl groups excluding tert-OH is 1. The molecule has 7 heteroatoms. The van der Waals surface area contributed by atoms with E-state index in [1.165, 1.54) is 0 Å². The normalized spacial score (nSPS) is 13.0. The van der Waals surface area contributed by atoms with Crippen molar-refractivity contribution in [2.75, 3.05) is 13.1 Å². The molecule has 0 amide bonds. The molecule has 6 nitrogen and oxygen atoms in total. The topological polar surface area (TPSA) is 82.9 Å². The summed E-state index contributed by atoms with van der Waals surface area (Å²) in [5.74, 6) is 0. The van der Waals surface area contributed by atoms with Crippen molar-refractivity contribution in [1.29, 1.82) is 0 Å². The van der Waals surface area contributed by atoms with Crippen molar-refractivity contribution in [2.45, 2.75) is 39.3 Å². The zero-order chi connectivity index (χ0) is 18.0. The number of pyridine rings is 1. The fraction of sp³-hybridized carbons (Fsp3) is 0.444. The van der Waals surface area contributed by atoms with E-state index in [-0.39, 0.29) is 5.56 Å². The van der Waals surface area contributed by atoms with Crippen molar-refractivity contribution in [3.8, 4) is 0 Å². The number of hydrogen-bond donors (Lipinski definition) is 3. The van der Waals surface area contributed by atoms with Crippen LogP contribution in [0.2, 0.25) is 5.02 Å². The molecule has 2 aromatic heterocycles. The van der Waals surface area contributed by atoms with Crippen LogP contribution in [0.3, 0.4) is 0 Å². The average molecular weight is 363 g/mol. The van der Waals surface area contributed by atoms with Crippen molar-refractivity contribution in [3.05, 3.63) is 39.3 Å². The second-order valence-corrected chi connectivity index (χ2v) is 6.77. The van der Waals surface area contributed by atoms with Crippen molar-refractivity contribution >= 4 is 33.4 Å². The number of rotatable bonds is 7. The Hall–Kier alpha value is -1.89. The SMILES string of the molecule is CCCNCC(O)CCn1c(=O)c2c(C)[nH]nc2c2cc(Cl)ccc21. The van der Waals surface area contributed by atoms with Crippen LogP contribution < -0.4 is 10.9 Å². The Kier molecular flexibility index (Phi) is 5.42. The summed E-state index contributed by atoms with van der Waals surface area (Å²) in [6, 6.07) is 5.43. The lowest BCUT2D eigenvalue weighted by Crippen LogP contribution is -2.30. The Bertz CT molecular complexity index is 948. The molecule has 0 radical (unpaired) electrons. The van der Waals surface area contributed by atoms with E-state index in [2.05, 4.69) is 22.4 Å². The summed E-state index contributed by atoms with van der Waals surface area (Å²) in [7, 11) is 0. The van der Waals surface area contributed by atoms with Gasteiger partial charge in [0, 0.05) is 29.2 Å². The van der Waals surface area contributed by atoms with Gasteiger partial charge in [0.25, 0.3) is 5.56 Å². The van der Waals surface area contributed by atoms with Crippen LogP contribution in [0.5, 0.6) is 0 Å². The molecule has 0 aliphatic carbocycles. The van der Waals surface area contributed by atoms with Crippen LogP contribution in [-0.4, -0.2) is 39.1 Å². The first-order valence-corrected chi connectivity index (χ1v) is 8.96. The van der Waals surface area contributed by atoms with Crippen LogP contribution in [-0.2, 0) is 6.54 Å². The van der Waals surface area contributed by atoms with Gasteiger partial charge in [-0.1, -0.05) is 18.5 Å². The van der Waals surface area contributed by atoms with E-state index >= 15 is 0 Å². The number of aromatic amines is 1. The highest BCUT2D eigenvalue weighted by atomic mass is 35.5. The van der Waals surface area contributed by atoms with Crippen molar-refractivity contribution in [3.63, 3.8) is 0 Å². The van der Waals surface area contributed by atoms with Gasteiger partial charge in [-0.15, -0.1) is 0 Å². The van der Waals surface area contributed by atoms with Crippen LogP contribution in [0.25, 0.3) is 21.8 Å². The number of aryl methyl sites for hydroxylation is 2. The Balaban J connectivity index is 1.99. The molecule has 0 saturated carbocycles. The first kappa shape index (κ1) is 17.9. The van der Waals surface area contributed by atoms with Crippen LogP contribution >= 0.6 is 11.6 Å². The summed E-state index contributed by atoms with van der Waals surface area (Å²) in [5.41, 5.74) is 2.06. The molecule has 0 bridgehead atoms. The van der Waals surface area contributed by atoms with E-state index in [9.17, 15) is 9.90 Å². The number of fused-ring (bicyclic) bond motifs is 3. The Morgan fingerprint density at radius 2 is 2.24 bits per heavy atom. The van der Waals surface area contributed by atoms with E-state index in [0.29, 0.717) is 35.4 Å². The molecule has 3 aromatic rings. The summed E-state index contributed by atoms with van der Waals surface area (Å²) in [6.45, 7) is 5.75. The zero-order valence-corrected chi connectivity index (χ0v) is 15.2. The molecule has 0 aliphatic heterocycles. The van der Waals surface area contributed by atoms with Gasteiger partial charge in [-0.3, -0.25) is 9.89 Å². The standard InChI is InChI=1S/C18H23ClN4O2/c1-3-7-20-10-13(24)6-8-23-15-5-4-12(19)9-14(15)17-16(18(23)25)11(2)21-22-17/h4-5,9,13,20,24H,3,6-8,10H2,1-2H3,(H,21,22). The predicted molar refractivity (Wildman–Crippen MR) is 101 cm³/mol. The second-order valence-electron chi connectivity index (χ2n) is 6.34. The molecule has 1 unspecified atom stereocenters. The molecule has 0 saturated heterocycles. The fourth-order valence-corrected chi connectivity index (χ4v) is 3.28. The number of hydrogen-bond acceptors (Lipinski definition) is 4. The van der Waals surface area contributed by atoms with Crippen molar-refractivity contribution in [2.24, 2.45) is 0 Å². The highest BCUT2D eigenvalue weighted by Crippen LogP contribution is 2.25. The van der Waals surface area contributed by atoms with Crippen molar-refractivity contribution in [1.82, 2.24) is 20.1 Å². The van der Waals surface area contributed by atoms with Gasteiger partial charge in [0.05, 0.1) is 17.0 Å². The third kappa shape index (κ3) is 3.56. The summed E-state index contributed by atoms with van der Waals surface area (Å²) in [4.78, 5) is 13.0. The lowest BCUT2D eigenvalue weighted by atomic mass is 10.1. The highest BCUT2D eigenvalue weighted by Gasteiger charge is 2.16. The Labute approximate surface area is 150 Å². The highest BCUT2D eigenvalue weighted by molar-refractivity contribution is 6.31. The minimum absolute atomic E-state index is 0.0928. The first-order chi connectivity index (χ1) is 12.0. The lowest BCUT2D eigenvalue weighted by Gasteiger charge is -2.15. The maximum Gasteiger partial charge on any atom is 0.262 e. The van der Waals surface area contributed by atoms with Gasteiger partial charge in [0.1, 0.15) is 5.52 Å². The third-order valence-corrected chi connectivity index (χ3v) is 4.64. The Morgan fingerprint density at radius 3 is 3.00 bits per heavy atom. The molecule has 2 heterocycles. The maximum atomic E-state index is 13.0. The number of H-pyrrole nitrogens is 1. The predicted octanol–water partition coefficient (Wildman–Crippen LogP) is 2.59. The summed E-state index contributed by atoms with van der Waals surface area (Å²) < 4.78 is 1.71. The Morgan fingerprint density at radius 1 is 1.44 bits per heavy atom. The number of nitrogens with one attached hydrogen (secondary N) is 2. The van der Waals surface area contributed by atoms with Gasteiger partial charge < -0.3 is 15.0 Å². The number of halogens is 1. The monoisotopic (exact) mass is 362 g/mol. The molecule has 3 rings (SSSR count). The van der Waals surface area contributed by atoms with Crippen LogP contribution in [0, 0.1) is 6.92 Å². The smallest absolute Gasteiger partial charge is 0.262 e. The van der Waals surface area contributed by atoms with Gasteiger partial charge in [-0.05, 0) is 44.5 Å². The summed E-state index contributed by atoms with van der Waals surface area (Å²) in [5, 5.41) is 22.5. The minimum atomic E-state index is -0.498. The van der Waals surface area contributed by atoms with Crippen LogP contribution in [0.1, 0.15) is 25.5 Å². The van der Waals surface area contributed by atoms with Crippen LogP contribution in [0.4, 0.5) is 0 Å². The van der Waals surface area contributed by atoms with E-state index in [0.717, 1.165) is 29.6 Å². The second kappa shape index (κ2) is 7.56. The summed E-state index contributed by atoms with van der Waals surface area (Å²) in [6.07, 6.45) is 1.02. The minimum Gasteiger partial charge on any atom is -0.392 e. The third-order valence-electron chi connectivity index (χ3n) is 4.40. The van der Waals surface area contributed by atoms with Gasteiger partial charge in [0.15, 0.2) is 0 Å². The van der Waals surface area contributed by atoms with E-state index in [4.69, 9.17) is 11.6 Å². The molecule has 134 valence electrons. The molecule has 1 atom stereocenters. The number of benzene rings is 1. The largest absolute Gasteiger partial charge is 0.392 e. The maximum absolute atomic E-state index is 13.0. The quantitative estimate of drug-likeness (QED) is 0.564.